The molecule has 1 saturated heterocycles. The lowest BCUT2D eigenvalue weighted by molar-refractivity contribution is -0.149. The van der Waals surface area contributed by atoms with Crippen LogP contribution in [-0.2, 0) is 20.9 Å². The molecule has 1 saturated carbocycles. The largest absolute Gasteiger partial charge is 0.496 e. The minimum Gasteiger partial charge on any atom is -0.496 e. The van der Waals surface area contributed by atoms with Crippen LogP contribution >= 0.6 is 15.9 Å². The predicted octanol–water partition coefficient (Wildman–Crippen LogP) is 3.29. The van der Waals surface area contributed by atoms with Gasteiger partial charge in [0.05, 0.1) is 17.5 Å². The second-order valence-electron chi connectivity index (χ2n) is 6.46. The summed E-state index contributed by atoms with van der Waals surface area (Å²) in [6, 6.07) is 5.89. The topological polar surface area (TPSA) is 55.8 Å². The van der Waals surface area contributed by atoms with Gasteiger partial charge in [0.2, 0.25) is 5.91 Å². The molecule has 0 bridgehead atoms. The molecule has 5 nitrogen and oxygen atoms in total. The Morgan fingerprint density at radius 3 is 2.75 bits per heavy atom. The molecule has 0 unspecified atom stereocenters. The van der Waals surface area contributed by atoms with Crippen LogP contribution < -0.4 is 4.74 Å². The minimum absolute atomic E-state index is 0.0936. The van der Waals surface area contributed by atoms with E-state index in [2.05, 4.69) is 15.9 Å². The Morgan fingerprint density at radius 2 is 2.08 bits per heavy atom. The van der Waals surface area contributed by atoms with Crippen LogP contribution in [0.1, 0.15) is 37.7 Å². The van der Waals surface area contributed by atoms with Gasteiger partial charge in [-0.15, -0.1) is 0 Å². The number of esters is 1. The number of methoxy groups -OCH3 is 1. The number of rotatable bonds is 5. The van der Waals surface area contributed by atoms with Crippen molar-refractivity contribution in [1.82, 2.24) is 4.90 Å². The number of hydrogen-bond donors (Lipinski definition) is 0. The highest BCUT2D eigenvalue weighted by Gasteiger charge is 2.39. The van der Waals surface area contributed by atoms with E-state index in [9.17, 15) is 9.59 Å². The quantitative estimate of drug-likeness (QED) is 0.717. The van der Waals surface area contributed by atoms with E-state index < -0.39 is 0 Å². The molecule has 3 rings (SSSR count). The van der Waals surface area contributed by atoms with Gasteiger partial charge in [-0.3, -0.25) is 9.59 Å². The first kappa shape index (κ1) is 17.3. The smallest absolute Gasteiger partial charge is 0.311 e. The van der Waals surface area contributed by atoms with E-state index in [0.717, 1.165) is 28.6 Å². The van der Waals surface area contributed by atoms with Crippen LogP contribution in [0.2, 0.25) is 0 Å². The van der Waals surface area contributed by atoms with Crippen LogP contribution in [0, 0.1) is 5.92 Å². The number of amides is 1. The molecule has 1 amide bonds. The van der Waals surface area contributed by atoms with Crippen molar-refractivity contribution in [3.63, 3.8) is 0 Å². The van der Waals surface area contributed by atoms with Gasteiger partial charge in [-0.2, -0.15) is 0 Å². The van der Waals surface area contributed by atoms with Crippen molar-refractivity contribution in [3.05, 3.63) is 28.2 Å². The monoisotopic (exact) mass is 395 g/mol. The van der Waals surface area contributed by atoms with Gasteiger partial charge >= 0.3 is 5.97 Å². The number of halogens is 1. The normalized spacial score (nSPS) is 21.3. The first-order valence-electron chi connectivity index (χ1n) is 8.37. The van der Waals surface area contributed by atoms with Crippen molar-refractivity contribution in [3.8, 4) is 5.75 Å². The van der Waals surface area contributed by atoms with Gasteiger partial charge in [0, 0.05) is 19.0 Å². The molecule has 1 atom stereocenters. The van der Waals surface area contributed by atoms with Gasteiger partial charge in [-0.25, -0.2) is 0 Å². The maximum atomic E-state index is 12.3. The Kier molecular flexibility index (Phi) is 5.43. The molecular weight excluding hydrogens is 374 g/mol. The third kappa shape index (κ3) is 3.74. The fourth-order valence-electron chi connectivity index (χ4n) is 3.53. The van der Waals surface area contributed by atoms with E-state index in [4.69, 9.17) is 9.47 Å². The number of hydrogen-bond acceptors (Lipinski definition) is 4. The SMILES string of the molecule is COc1ccc(COC(=O)[C@H]2CC(=O)N(C3CCCC3)C2)cc1Br. The number of likely N-dealkylation sites (tertiary alicyclic amines) is 1. The van der Waals surface area contributed by atoms with Crippen LogP contribution in [0.4, 0.5) is 0 Å². The minimum atomic E-state index is -0.334. The molecule has 0 aromatic heterocycles. The maximum absolute atomic E-state index is 12.3. The van der Waals surface area contributed by atoms with E-state index in [1.165, 1.54) is 12.8 Å². The van der Waals surface area contributed by atoms with E-state index in [1.807, 2.05) is 23.1 Å². The molecule has 24 heavy (non-hydrogen) atoms. The zero-order valence-corrected chi connectivity index (χ0v) is 15.4. The summed E-state index contributed by atoms with van der Waals surface area (Å²) in [7, 11) is 1.60. The molecule has 130 valence electrons. The number of nitrogens with zero attached hydrogens (tertiary/aromatic N) is 1. The lowest BCUT2D eigenvalue weighted by Gasteiger charge is -2.23. The van der Waals surface area contributed by atoms with Gasteiger partial charge < -0.3 is 14.4 Å². The van der Waals surface area contributed by atoms with Gasteiger partial charge in [0.15, 0.2) is 0 Å². The fraction of sp³-hybridized carbons (Fsp3) is 0.556. The fourth-order valence-corrected chi connectivity index (χ4v) is 4.12. The summed E-state index contributed by atoms with van der Waals surface area (Å²) in [5, 5.41) is 0. The lowest BCUT2D eigenvalue weighted by Crippen LogP contribution is -2.35. The van der Waals surface area contributed by atoms with Crippen LogP contribution in [0.3, 0.4) is 0 Å². The first-order valence-corrected chi connectivity index (χ1v) is 9.16. The molecule has 1 aliphatic heterocycles. The molecule has 0 radical (unpaired) electrons. The molecule has 1 aromatic carbocycles. The molecule has 0 N–H and O–H groups in total. The molecule has 1 aliphatic carbocycles. The van der Waals surface area contributed by atoms with Gasteiger partial charge in [-0.05, 0) is 46.5 Å². The van der Waals surface area contributed by atoms with Gasteiger partial charge in [-0.1, -0.05) is 18.9 Å². The predicted molar refractivity (Wildman–Crippen MR) is 92.6 cm³/mol. The summed E-state index contributed by atoms with van der Waals surface area (Å²) < 4.78 is 11.4. The summed E-state index contributed by atoms with van der Waals surface area (Å²) in [6.45, 7) is 0.712. The van der Waals surface area contributed by atoms with E-state index >= 15 is 0 Å². The zero-order valence-electron chi connectivity index (χ0n) is 13.8. The van der Waals surface area contributed by atoms with E-state index in [1.54, 1.807) is 7.11 Å². The zero-order chi connectivity index (χ0) is 17.1. The molecule has 1 aromatic rings. The summed E-state index contributed by atoms with van der Waals surface area (Å²) in [5.41, 5.74) is 0.882. The third-order valence-electron chi connectivity index (χ3n) is 4.85. The second-order valence-corrected chi connectivity index (χ2v) is 7.32. The van der Waals surface area contributed by atoms with Crippen LogP contribution in [0.5, 0.6) is 5.75 Å². The van der Waals surface area contributed by atoms with E-state index in [-0.39, 0.29) is 30.8 Å². The highest BCUT2D eigenvalue weighted by molar-refractivity contribution is 9.10. The third-order valence-corrected chi connectivity index (χ3v) is 5.47. The van der Waals surface area contributed by atoms with Crippen molar-refractivity contribution < 1.29 is 19.1 Å². The molecule has 2 fully saturated rings. The van der Waals surface area contributed by atoms with Crippen LogP contribution in [0.15, 0.2) is 22.7 Å². The van der Waals surface area contributed by atoms with Gasteiger partial charge in [0.25, 0.3) is 0 Å². The maximum Gasteiger partial charge on any atom is 0.311 e. The van der Waals surface area contributed by atoms with E-state index in [0.29, 0.717) is 12.6 Å². The van der Waals surface area contributed by atoms with Crippen molar-refractivity contribution in [2.45, 2.75) is 44.8 Å². The number of benzene rings is 1. The van der Waals surface area contributed by atoms with Crippen molar-refractivity contribution in [2.24, 2.45) is 5.92 Å². The Hall–Kier alpha value is -1.56. The Balaban J connectivity index is 1.54. The highest BCUT2D eigenvalue weighted by atomic mass is 79.9. The average Bonchev–Trinajstić information content (AvgIpc) is 3.22. The Bertz CT molecular complexity index is 627. The van der Waals surface area contributed by atoms with Crippen molar-refractivity contribution >= 4 is 27.8 Å². The Morgan fingerprint density at radius 1 is 1.33 bits per heavy atom. The molecule has 1 heterocycles. The van der Waals surface area contributed by atoms with Crippen molar-refractivity contribution in [2.75, 3.05) is 13.7 Å². The summed E-state index contributed by atoms with van der Waals surface area (Å²) in [6.07, 6.45) is 4.76. The number of carbonyl (C=O) groups is 2. The second kappa shape index (κ2) is 7.55. The average molecular weight is 396 g/mol. The molecular formula is C18H22BrNO4. The summed E-state index contributed by atoms with van der Waals surface area (Å²) in [5.74, 6) is 0.213. The highest BCUT2D eigenvalue weighted by Crippen LogP contribution is 2.30. The van der Waals surface area contributed by atoms with Gasteiger partial charge in [0.1, 0.15) is 12.4 Å². The molecule has 2 aliphatic rings. The first-order chi connectivity index (χ1) is 11.6. The van der Waals surface area contributed by atoms with Crippen molar-refractivity contribution in [1.29, 1.82) is 0 Å². The number of ether oxygens (including phenoxy) is 2. The number of carbonyl (C=O) groups excluding carboxylic acids is 2. The summed E-state index contributed by atoms with van der Waals surface area (Å²) >= 11 is 3.42. The molecule has 6 heteroatoms. The Labute approximate surface area is 150 Å². The lowest BCUT2D eigenvalue weighted by atomic mass is 10.1. The van der Waals surface area contributed by atoms with Crippen LogP contribution in [-0.4, -0.2) is 36.5 Å². The summed E-state index contributed by atoms with van der Waals surface area (Å²) in [4.78, 5) is 26.4. The molecule has 0 spiro atoms. The standard InChI is InChI=1S/C18H22BrNO4/c1-23-16-7-6-12(8-15(16)19)11-24-18(22)13-9-17(21)20(10-13)14-4-2-3-5-14/h6-8,13-14H,2-5,9-11H2,1H3/t13-/m0/s1. The van der Waals surface area contributed by atoms with Crippen LogP contribution in [0.25, 0.3) is 0 Å².